The molecular weight excluding hydrogens is 404 g/mol. The number of carbonyl (C=O) groups is 1. The number of halogens is 2. The largest absolute Gasteiger partial charge is 0.444 e. The van der Waals surface area contributed by atoms with E-state index in [1.165, 1.54) is 4.57 Å². The van der Waals surface area contributed by atoms with E-state index < -0.39 is 28.9 Å². The van der Waals surface area contributed by atoms with Crippen LogP contribution in [0.3, 0.4) is 0 Å². The maximum atomic E-state index is 13.8. The van der Waals surface area contributed by atoms with Crippen molar-refractivity contribution in [3.05, 3.63) is 69.8 Å². The number of carbonyl (C=O) groups excluding carboxylic acids is 1. The van der Waals surface area contributed by atoms with Gasteiger partial charge in [0.1, 0.15) is 23.1 Å². The van der Waals surface area contributed by atoms with Gasteiger partial charge in [0.25, 0.3) is 5.56 Å². The zero-order valence-corrected chi connectivity index (χ0v) is 18.0. The van der Waals surface area contributed by atoms with Gasteiger partial charge in [-0.15, -0.1) is 0 Å². The highest BCUT2D eigenvalue weighted by molar-refractivity contribution is 5.81. The van der Waals surface area contributed by atoms with Gasteiger partial charge in [0.2, 0.25) is 0 Å². The Hall–Kier alpha value is -3.29. The van der Waals surface area contributed by atoms with Gasteiger partial charge in [0.05, 0.1) is 16.6 Å². The Morgan fingerprint density at radius 1 is 1.16 bits per heavy atom. The van der Waals surface area contributed by atoms with Crippen LogP contribution in [-0.2, 0) is 11.2 Å². The van der Waals surface area contributed by atoms with E-state index in [0.29, 0.717) is 29.6 Å². The van der Waals surface area contributed by atoms with Crippen molar-refractivity contribution in [2.75, 3.05) is 6.54 Å². The van der Waals surface area contributed by atoms with Crippen molar-refractivity contribution in [1.82, 2.24) is 14.9 Å². The fraction of sp³-hybridized carbons (Fsp3) is 0.348. The quantitative estimate of drug-likeness (QED) is 0.609. The standard InChI is InChI=1S/C23H25F2N3O3/c1-14-7-5-8-18-20(14)27-19(9-6-10-26-22(30)31-23(2,3)4)28(21(18)29)17-12-15(24)11-16(25)13-17/h5,7-8,11-13H,6,9-10H2,1-4H3,(H,26,30). The van der Waals surface area contributed by atoms with Gasteiger partial charge >= 0.3 is 6.09 Å². The van der Waals surface area contributed by atoms with Crippen LogP contribution in [0, 0.1) is 18.6 Å². The third-order valence-corrected chi connectivity index (χ3v) is 4.52. The van der Waals surface area contributed by atoms with E-state index in [1.54, 1.807) is 32.9 Å². The summed E-state index contributed by atoms with van der Waals surface area (Å²) in [5.41, 5.74) is 0.405. The molecule has 0 spiro atoms. The van der Waals surface area contributed by atoms with Gasteiger partial charge in [-0.1, -0.05) is 12.1 Å². The summed E-state index contributed by atoms with van der Waals surface area (Å²) in [4.78, 5) is 29.7. The summed E-state index contributed by atoms with van der Waals surface area (Å²) in [6.45, 7) is 7.43. The van der Waals surface area contributed by atoms with E-state index >= 15 is 0 Å². The first kappa shape index (κ1) is 22.4. The molecule has 0 aliphatic heterocycles. The number of nitrogens with one attached hydrogen (secondary N) is 1. The van der Waals surface area contributed by atoms with Crippen molar-refractivity contribution in [2.24, 2.45) is 0 Å². The van der Waals surface area contributed by atoms with Gasteiger partial charge in [0, 0.05) is 19.0 Å². The Kier molecular flexibility index (Phi) is 6.38. The summed E-state index contributed by atoms with van der Waals surface area (Å²) in [7, 11) is 0. The number of ether oxygens (including phenoxy) is 1. The number of nitrogens with zero attached hydrogens (tertiary/aromatic N) is 2. The number of alkyl carbamates (subject to hydrolysis) is 1. The molecule has 1 N–H and O–H groups in total. The van der Waals surface area contributed by atoms with Crippen LogP contribution in [0.5, 0.6) is 0 Å². The molecule has 0 fully saturated rings. The minimum absolute atomic E-state index is 0.0634. The van der Waals surface area contributed by atoms with Gasteiger partial charge in [0.15, 0.2) is 0 Å². The lowest BCUT2D eigenvalue weighted by Crippen LogP contribution is -2.33. The van der Waals surface area contributed by atoms with Crippen LogP contribution >= 0.6 is 0 Å². The number of amides is 1. The van der Waals surface area contributed by atoms with Gasteiger partial charge < -0.3 is 10.1 Å². The summed E-state index contributed by atoms with van der Waals surface area (Å²) in [6, 6.07) is 8.15. The number of aromatic nitrogens is 2. The fourth-order valence-electron chi connectivity index (χ4n) is 3.25. The number of fused-ring (bicyclic) bond motifs is 1. The number of aryl methyl sites for hydroxylation is 2. The van der Waals surface area contributed by atoms with Crippen molar-refractivity contribution in [3.8, 4) is 5.69 Å². The average Bonchev–Trinajstić information content (AvgIpc) is 2.64. The number of benzene rings is 2. The van der Waals surface area contributed by atoms with E-state index in [4.69, 9.17) is 4.74 Å². The molecule has 31 heavy (non-hydrogen) atoms. The number of para-hydroxylation sites is 1. The summed E-state index contributed by atoms with van der Waals surface area (Å²) in [6.07, 6.45) is 0.202. The normalized spacial score (nSPS) is 11.5. The molecule has 3 aromatic rings. The summed E-state index contributed by atoms with van der Waals surface area (Å²) < 4.78 is 34.1. The molecule has 0 aliphatic carbocycles. The van der Waals surface area contributed by atoms with Gasteiger partial charge in [-0.25, -0.2) is 18.6 Å². The Balaban J connectivity index is 1.94. The molecule has 0 saturated carbocycles. The topological polar surface area (TPSA) is 73.2 Å². The van der Waals surface area contributed by atoms with E-state index in [1.807, 2.05) is 13.0 Å². The molecule has 8 heteroatoms. The minimum Gasteiger partial charge on any atom is -0.444 e. The Bertz CT molecular complexity index is 1160. The lowest BCUT2D eigenvalue weighted by atomic mass is 10.1. The van der Waals surface area contributed by atoms with Crippen LogP contribution in [0.15, 0.2) is 41.2 Å². The fourth-order valence-corrected chi connectivity index (χ4v) is 3.25. The molecule has 0 atom stereocenters. The van der Waals surface area contributed by atoms with Crippen LogP contribution in [0.1, 0.15) is 38.6 Å². The Morgan fingerprint density at radius 2 is 1.84 bits per heavy atom. The second-order valence-electron chi connectivity index (χ2n) is 8.30. The van der Waals surface area contributed by atoms with Crippen LogP contribution in [0.25, 0.3) is 16.6 Å². The molecule has 1 aromatic heterocycles. The number of hydrogen-bond donors (Lipinski definition) is 1. The Morgan fingerprint density at radius 3 is 2.48 bits per heavy atom. The molecule has 1 heterocycles. The van der Waals surface area contributed by atoms with Crippen LogP contribution in [0.2, 0.25) is 0 Å². The average molecular weight is 429 g/mol. The van der Waals surface area contributed by atoms with E-state index in [0.717, 1.165) is 23.8 Å². The maximum Gasteiger partial charge on any atom is 0.407 e. The van der Waals surface area contributed by atoms with E-state index in [9.17, 15) is 18.4 Å². The van der Waals surface area contributed by atoms with Crippen molar-refractivity contribution >= 4 is 17.0 Å². The second-order valence-corrected chi connectivity index (χ2v) is 8.30. The lowest BCUT2D eigenvalue weighted by molar-refractivity contribution is 0.0527. The first-order chi connectivity index (χ1) is 14.5. The van der Waals surface area contributed by atoms with Gasteiger partial charge in [-0.3, -0.25) is 9.36 Å². The zero-order chi connectivity index (χ0) is 22.8. The molecule has 0 saturated heterocycles. The van der Waals surface area contributed by atoms with Gasteiger partial charge in [-0.2, -0.15) is 0 Å². The summed E-state index contributed by atoms with van der Waals surface area (Å²) in [5, 5.41) is 3.02. The molecule has 3 rings (SSSR count). The van der Waals surface area contributed by atoms with E-state index in [2.05, 4.69) is 10.3 Å². The molecule has 2 aromatic carbocycles. The number of hydrogen-bond acceptors (Lipinski definition) is 4. The molecule has 0 radical (unpaired) electrons. The lowest BCUT2D eigenvalue weighted by Gasteiger charge is -2.19. The molecular formula is C23H25F2N3O3. The highest BCUT2D eigenvalue weighted by atomic mass is 19.1. The van der Waals surface area contributed by atoms with Crippen molar-refractivity contribution < 1.29 is 18.3 Å². The summed E-state index contributed by atoms with van der Waals surface area (Å²) in [5.74, 6) is -1.23. The molecule has 1 amide bonds. The first-order valence-electron chi connectivity index (χ1n) is 10.00. The zero-order valence-electron chi connectivity index (χ0n) is 18.0. The third kappa shape index (κ3) is 5.45. The minimum atomic E-state index is -0.788. The first-order valence-corrected chi connectivity index (χ1v) is 10.00. The Labute approximate surface area is 178 Å². The van der Waals surface area contributed by atoms with Crippen LogP contribution in [0.4, 0.5) is 13.6 Å². The second kappa shape index (κ2) is 8.83. The highest BCUT2D eigenvalue weighted by Gasteiger charge is 2.17. The predicted molar refractivity (Wildman–Crippen MR) is 115 cm³/mol. The van der Waals surface area contributed by atoms with Crippen molar-refractivity contribution in [1.29, 1.82) is 0 Å². The predicted octanol–water partition coefficient (Wildman–Crippen LogP) is 4.43. The van der Waals surface area contributed by atoms with Crippen molar-refractivity contribution in [3.63, 3.8) is 0 Å². The number of rotatable bonds is 5. The SMILES string of the molecule is Cc1cccc2c(=O)n(-c3cc(F)cc(F)c3)c(CCCNC(=O)OC(C)(C)C)nc12. The molecule has 164 valence electrons. The van der Waals surface area contributed by atoms with Crippen molar-refractivity contribution in [2.45, 2.75) is 46.1 Å². The highest BCUT2D eigenvalue weighted by Crippen LogP contribution is 2.18. The molecule has 0 unspecified atom stereocenters. The summed E-state index contributed by atoms with van der Waals surface area (Å²) >= 11 is 0. The third-order valence-electron chi connectivity index (χ3n) is 4.52. The molecule has 0 aliphatic rings. The molecule has 0 bridgehead atoms. The molecule has 6 nitrogen and oxygen atoms in total. The van der Waals surface area contributed by atoms with Crippen LogP contribution in [-0.4, -0.2) is 27.8 Å². The smallest absolute Gasteiger partial charge is 0.407 e. The monoisotopic (exact) mass is 429 g/mol. The van der Waals surface area contributed by atoms with E-state index in [-0.39, 0.29) is 12.2 Å². The van der Waals surface area contributed by atoms with Gasteiger partial charge in [-0.05, 0) is 57.9 Å². The maximum absolute atomic E-state index is 13.8. The van der Waals surface area contributed by atoms with Crippen LogP contribution < -0.4 is 10.9 Å².